The quantitative estimate of drug-likeness (QED) is 0.331. The average Bonchev–Trinajstić information content (AvgIpc) is 2.73. The monoisotopic (exact) mass is 456 g/mol. The van der Waals surface area contributed by atoms with Crippen LogP contribution in [-0.2, 0) is 6.61 Å². The van der Waals surface area contributed by atoms with Gasteiger partial charge in [0.15, 0.2) is 11.5 Å². The summed E-state index contributed by atoms with van der Waals surface area (Å²) in [5.74, 6) is 0.639. The number of benzene rings is 3. The molecule has 5 nitrogen and oxygen atoms in total. The van der Waals surface area contributed by atoms with E-state index in [1.807, 2.05) is 50.2 Å². The predicted molar refractivity (Wildman–Crippen MR) is 125 cm³/mol. The lowest BCUT2D eigenvalue weighted by molar-refractivity contribution is 0.0954. The van der Waals surface area contributed by atoms with Gasteiger partial charge >= 0.3 is 0 Å². The molecule has 0 aliphatic heterocycles. The average molecular weight is 457 g/mol. The van der Waals surface area contributed by atoms with E-state index in [9.17, 15) is 4.79 Å². The first kappa shape index (κ1) is 22.7. The number of nitrogens with zero attached hydrogens (tertiary/aromatic N) is 1. The fraction of sp³-hybridized carbons (Fsp3) is 0.167. The summed E-state index contributed by atoms with van der Waals surface area (Å²) in [5.41, 5.74) is 5.54. The van der Waals surface area contributed by atoms with Crippen LogP contribution in [0.1, 0.15) is 34.0 Å². The Morgan fingerprint density at radius 3 is 2.61 bits per heavy atom. The summed E-state index contributed by atoms with van der Waals surface area (Å²) in [7, 11) is 0. The molecule has 0 unspecified atom stereocenters. The summed E-state index contributed by atoms with van der Waals surface area (Å²) < 4.78 is 11.6. The Morgan fingerprint density at radius 2 is 1.87 bits per heavy atom. The lowest BCUT2D eigenvalue weighted by Crippen LogP contribution is -2.18. The normalized spacial score (nSPS) is 10.8. The minimum Gasteiger partial charge on any atom is -0.490 e. The van der Waals surface area contributed by atoms with Crippen LogP contribution in [0.15, 0.2) is 65.8 Å². The van der Waals surface area contributed by atoms with Crippen LogP contribution in [0.2, 0.25) is 10.0 Å². The van der Waals surface area contributed by atoms with Crippen molar-refractivity contribution in [2.24, 2.45) is 5.10 Å². The summed E-state index contributed by atoms with van der Waals surface area (Å²) in [5, 5.41) is 5.05. The van der Waals surface area contributed by atoms with Gasteiger partial charge in [-0.1, -0.05) is 53.5 Å². The van der Waals surface area contributed by atoms with Crippen molar-refractivity contribution < 1.29 is 14.3 Å². The molecule has 3 rings (SSSR count). The molecule has 0 atom stereocenters. The molecule has 0 aromatic heterocycles. The van der Waals surface area contributed by atoms with Crippen LogP contribution < -0.4 is 14.9 Å². The number of hydrogen-bond acceptors (Lipinski definition) is 4. The Morgan fingerprint density at radius 1 is 1.06 bits per heavy atom. The molecular weight excluding hydrogens is 435 g/mol. The van der Waals surface area contributed by atoms with Crippen molar-refractivity contribution in [1.29, 1.82) is 0 Å². The Balaban J connectivity index is 1.73. The molecule has 0 fully saturated rings. The number of ether oxygens (including phenoxy) is 2. The molecule has 0 saturated carbocycles. The molecule has 0 saturated heterocycles. The molecule has 3 aromatic rings. The lowest BCUT2D eigenvalue weighted by atomic mass is 10.1. The van der Waals surface area contributed by atoms with Crippen molar-refractivity contribution >= 4 is 35.3 Å². The topological polar surface area (TPSA) is 59.9 Å². The summed E-state index contributed by atoms with van der Waals surface area (Å²) in [6, 6.07) is 18.2. The number of carbonyl (C=O) groups excluding carboxylic acids is 1. The number of hydrogen-bond donors (Lipinski definition) is 1. The highest BCUT2D eigenvalue weighted by Gasteiger charge is 2.13. The van der Waals surface area contributed by atoms with Crippen molar-refractivity contribution in [3.63, 3.8) is 0 Å². The SMILES string of the molecule is CCOc1cc(/C=N\NC(=O)c2ccccc2C)cc(Cl)c1OCc1cccc(Cl)c1. The highest BCUT2D eigenvalue weighted by molar-refractivity contribution is 6.32. The number of carbonyl (C=O) groups is 1. The lowest BCUT2D eigenvalue weighted by Gasteiger charge is -2.14. The van der Waals surface area contributed by atoms with Gasteiger partial charge in [-0.05, 0) is 60.9 Å². The third kappa shape index (κ3) is 6.23. The smallest absolute Gasteiger partial charge is 0.271 e. The van der Waals surface area contributed by atoms with Crippen LogP contribution >= 0.6 is 23.2 Å². The van der Waals surface area contributed by atoms with Crippen LogP contribution in [0.3, 0.4) is 0 Å². The van der Waals surface area contributed by atoms with Crippen molar-refractivity contribution in [2.75, 3.05) is 6.61 Å². The summed E-state index contributed by atoms with van der Waals surface area (Å²) in [6.45, 7) is 4.47. The van der Waals surface area contributed by atoms with Crippen LogP contribution in [0, 0.1) is 6.92 Å². The summed E-state index contributed by atoms with van der Waals surface area (Å²) >= 11 is 12.5. The number of rotatable bonds is 8. The van der Waals surface area contributed by atoms with Crippen LogP contribution in [0.5, 0.6) is 11.5 Å². The van der Waals surface area contributed by atoms with E-state index in [1.165, 1.54) is 6.21 Å². The van der Waals surface area contributed by atoms with Gasteiger partial charge in [-0.3, -0.25) is 4.79 Å². The van der Waals surface area contributed by atoms with Crippen molar-refractivity contribution in [1.82, 2.24) is 5.43 Å². The van der Waals surface area contributed by atoms with Crippen LogP contribution in [-0.4, -0.2) is 18.7 Å². The van der Waals surface area contributed by atoms with Crippen molar-refractivity contribution in [3.8, 4) is 11.5 Å². The van der Waals surface area contributed by atoms with E-state index in [0.29, 0.717) is 45.9 Å². The Hall–Kier alpha value is -3.02. The minimum absolute atomic E-state index is 0.285. The van der Waals surface area contributed by atoms with Gasteiger partial charge in [-0.25, -0.2) is 5.43 Å². The maximum Gasteiger partial charge on any atom is 0.271 e. The highest BCUT2D eigenvalue weighted by atomic mass is 35.5. The fourth-order valence-electron chi connectivity index (χ4n) is 2.90. The molecule has 0 aliphatic rings. The van der Waals surface area contributed by atoms with Crippen molar-refractivity contribution in [2.45, 2.75) is 20.5 Å². The Labute approximate surface area is 191 Å². The Kier molecular flexibility index (Phi) is 7.93. The molecule has 1 N–H and O–H groups in total. The van der Waals surface area contributed by atoms with Crippen LogP contribution in [0.25, 0.3) is 0 Å². The van der Waals surface area contributed by atoms with Gasteiger partial charge in [0.1, 0.15) is 6.61 Å². The molecular formula is C24H22Cl2N2O3. The second-order valence-electron chi connectivity index (χ2n) is 6.70. The maximum absolute atomic E-state index is 12.3. The zero-order chi connectivity index (χ0) is 22.2. The van der Waals surface area contributed by atoms with Gasteiger partial charge in [0.25, 0.3) is 5.91 Å². The van der Waals surface area contributed by atoms with Gasteiger partial charge in [0, 0.05) is 10.6 Å². The molecule has 3 aromatic carbocycles. The third-order valence-corrected chi connectivity index (χ3v) is 4.89. The van der Waals surface area contributed by atoms with E-state index in [1.54, 1.807) is 24.3 Å². The fourth-order valence-corrected chi connectivity index (χ4v) is 3.39. The second kappa shape index (κ2) is 10.8. The van der Waals surface area contributed by atoms with Gasteiger partial charge in [-0.2, -0.15) is 5.10 Å². The standard InChI is InChI=1S/C24H22Cl2N2O3/c1-3-30-22-13-18(14-27-28-24(29)20-10-5-4-7-16(20)2)12-21(26)23(22)31-15-17-8-6-9-19(25)11-17/h4-14H,3,15H2,1-2H3,(H,28,29)/b27-14-. The molecule has 0 radical (unpaired) electrons. The first-order chi connectivity index (χ1) is 15.0. The zero-order valence-electron chi connectivity index (χ0n) is 17.2. The number of nitrogens with one attached hydrogen (secondary N) is 1. The number of amides is 1. The molecule has 1 amide bonds. The van der Waals surface area contributed by atoms with Gasteiger partial charge < -0.3 is 9.47 Å². The highest BCUT2D eigenvalue weighted by Crippen LogP contribution is 2.37. The first-order valence-corrected chi connectivity index (χ1v) is 10.5. The number of hydrazone groups is 1. The molecule has 0 bridgehead atoms. The van der Waals surface area contributed by atoms with E-state index in [0.717, 1.165) is 11.1 Å². The van der Waals surface area contributed by atoms with E-state index in [-0.39, 0.29) is 5.91 Å². The number of aryl methyl sites for hydroxylation is 1. The molecule has 31 heavy (non-hydrogen) atoms. The molecule has 0 aliphatic carbocycles. The maximum atomic E-state index is 12.3. The van der Waals surface area contributed by atoms with E-state index in [4.69, 9.17) is 32.7 Å². The Bertz CT molecular complexity index is 1100. The van der Waals surface area contributed by atoms with Crippen LogP contribution in [0.4, 0.5) is 0 Å². The van der Waals surface area contributed by atoms with E-state index in [2.05, 4.69) is 10.5 Å². The minimum atomic E-state index is -0.285. The predicted octanol–water partition coefficient (Wildman–Crippen LogP) is 6.04. The molecule has 0 heterocycles. The third-order valence-electron chi connectivity index (χ3n) is 4.37. The first-order valence-electron chi connectivity index (χ1n) is 9.70. The summed E-state index contributed by atoms with van der Waals surface area (Å²) in [4.78, 5) is 12.3. The van der Waals surface area contributed by atoms with Gasteiger partial charge in [0.05, 0.1) is 17.8 Å². The zero-order valence-corrected chi connectivity index (χ0v) is 18.7. The second-order valence-corrected chi connectivity index (χ2v) is 7.54. The molecule has 160 valence electrons. The number of halogens is 2. The van der Waals surface area contributed by atoms with Gasteiger partial charge in [0.2, 0.25) is 0 Å². The van der Waals surface area contributed by atoms with E-state index < -0.39 is 0 Å². The van der Waals surface area contributed by atoms with Crippen molar-refractivity contribution in [3.05, 3.63) is 93.0 Å². The largest absolute Gasteiger partial charge is 0.490 e. The molecule has 7 heteroatoms. The molecule has 0 spiro atoms. The van der Waals surface area contributed by atoms with E-state index >= 15 is 0 Å². The van der Waals surface area contributed by atoms with Gasteiger partial charge in [-0.15, -0.1) is 0 Å². The summed E-state index contributed by atoms with van der Waals surface area (Å²) in [6.07, 6.45) is 1.51.